The number of pyridine rings is 1. The van der Waals surface area contributed by atoms with E-state index < -0.39 is 0 Å². The Hall–Kier alpha value is -0.890. The van der Waals surface area contributed by atoms with Gasteiger partial charge in [0.05, 0.1) is 0 Å². The van der Waals surface area contributed by atoms with Crippen molar-refractivity contribution < 1.29 is 0 Å². The molecule has 1 unspecified atom stereocenters. The van der Waals surface area contributed by atoms with Crippen LogP contribution >= 0.6 is 0 Å². The molecule has 1 aromatic heterocycles. The van der Waals surface area contributed by atoms with E-state index in [4.69, 9.17) is 0 Å². The summed E-state index contributed by atoms with van der Waals surface area (Å²) in [5.41, 5.74) is 2.45. The van der Waals surface area contributed by atoms with Gasteiger partial charge in [-0.15, -0.1) is 0 Å². The number of nitrogens with zero attached hydrogens (tertiary/aromatic N) is 1. The second kappa shape index (κ2) is 8.24. The number of hydrogen-bond donors (Lipinski definition) is 1. The van der Waals surface area contributed by atoms with Gasteiger partial charge in [-0.1, -0.05) is 32.8 Å². The summed E-state index contributed by atoms with van der Waals surface area (Å²) in [7, 11) is 0. The summed E-state index contributed by atoms with van der Waals surface area (Å²) >= 11 is 0. The fraction of sp³-hybridized carbons (Fsp3) is 0.667. The van der Waals surface area contributed by atoms with Crippen LogP contribution in [0.5, 0.6) is 0 Å². The highest BCUT2D eigenvalue weighted by molar-refractivity contribution is 5.13. The molecule has 1 rings (SSSR count). The number of rotatable bonds is 8. The second-order valence-electron chi connectivity index (χ2n) is 4.82. The van der Waals surface area contributed by atoms with Crippen molar-refractivity contribution in [2.75, 3.05) is 6.54 Å². The first-order valence-corrected chi connectivity index (χ1v) is 6.91. The third kappa shape index (κ3) is 5.83. The molecule has 1 heterocycles. The van der Waals surface area contributed by atoms with E-state index in [1.54, 1.807) is 0 Å². The maximum absolute atomic E-state index is 4.49. The van der Waals surface area contributed by atoms with Crippen LogP contribution in [0.2, 0.25) is 0 Å². The molecule has 17 heavy (non-hydrogen) atoms. The monoisotopic (exact) mass is 234 g/mol. The molecule has 0 aromatic carbocycles. The predicted molar refractivity (Wildman–Crippen MR) is 74.3 cm³/mol. The lowest BCUT2D eigenvalue weighted by molar-refractivity contribution is 0.458. The van der Waals surface area contributed by atoms with Crippen molar-refractivity contribution in [3.8, 4) is 0 Å². The molecule has 0 aliphatic rings. The van der Waals surface area contributed by atoms with Crippen molar-refractivity contribution in [3.05, 3.63) is 29.6 Å². The second-order valence-corrected chi connectivity index (χ2v) is 4.82. The standard InChI is InChI=1S/C15H26N2/c1-4-6-7-14(16-10-5-2)11-15-9-8-13(3)12-17-15/h8-9,12,14,16H,4-7,10-11H2,1-3H3. The Balaban J connectivity index is 2.48. The van der Waals surface area contributed by atoms with E-state index in [1.165, 1.54) is 36.9 Å². The largest absolute Gasteiger partial charge is 0.314 e. The minimum atomic E-state index is 0.588. The van der Waals surface area contributed by atoms with Crippen molar-refractivity contribution in [3.63, 3.8) is 0 Å². The molecule has 0 aliphatic heterocycles. The van der Waals surface area contributed by atoms with Crippen LogP contribution in [0.25, 0.3) is 0 Å². The number of aromatic nitrogens is 1. The number of nitrogens with one attached hydrogen (secondary N) is 1. The Morgan fingerprint density at radius 2 is 2.06 bits per heavy atom. The first-order valence-electron chi connectivity index (χ1n) is 6.91. The van der Waals surface area contributed by atoms with E-state index in [-0.39, 0.29) is 0 Å². The molecule has 1 N–H and O–H groups in total. The molecular weight excluding hydrogens is 208 g/mol. The molecule has 2 heteroatoms. The highest BCUT2D eigenvalue weighted by Gasteiger charge is 2.08. The average Bonchev–Trinajstić information content (AvgIpc) is 2.35. The van der Waals surface area contributed by atoms with Gasteiger partial charge in [0.15, 0.2) is 0 Å². The fourth-order valence-corrected chi connectivity index (χ4v) is 1.95. The Labute approximate surface area is 106 Å². The minimum Gasteiger partial charge on any atom is -0.314 e. The topological polar surface area (TPSA) is 24.9 Å². The van der Waals surface area contributed by atoms with E-state index >= 15 is 0 Å². The average molecular weight is 234 g/mol. The molecule has 0 aliphatic carbocycles. The van der Waals surface area contributed by atoms with Crippen LogP contribution in [-0.2, 0) is 6.42 Å². The molecule has 0 radical (unpaired) electrons. The molecule has 0 amide bonds. The Kier molecular flexibility index (Phi) is 6.87. The van der Waals surface area contributed by atoms with Crippen molar-refractivity contribution in [2.24, 2.45) is 0 Å². The summed E-state index contributed by atoms with van der Waals surface area (Å²) in [6.45, 7) is 7.66. The molecule has 1 atom stereocenters. The molecule has 0 saturated carbocycles. The maximum atomic E-state index is 4.49. The summed E-state index contributed by atoms with van der Waals surface area (Å²) < 4.78 is 0. The van der Waals surface area contributed by atoms with Gasteiger partial charge >= 0.3 is 0 Å². The van der Waals surface area contributed by atoms with E-state index in [1.807, 2.05) is 6.20 Å². The van der Waals surface area contributed by atoms with Gasteiger partial charge in [0.2, 0.25) is 0 Å². The lowest BCUT2D eigenvalue weighted by Gasteiger charge is -2.17. The van der Waals surface area contributed by atoms with Crippen LogP contribution in [0.4, 0.5) is 0 Å². The third-order valence-corrected chi connectivity index (χ3v) is 3.02. The zero-order valence-corrected chi connectivity index (χ0v) is 11.5. The molecule has 0 bridgehead atoms. The van der Waals surface area contributed by atoms with E-state index in [0.717, 1.165) is 13.0 Å². The quantitative estimate of drug-likeness (QED) is 0.745. The van der Waals surface area contributed by atoms with Crippen LogP contribution in [0.1, 0.15) is 50.8 Å². The Bertz CT molecular complexity index is 284. The van der Waals surface area contributed by atoms with Crippen LogP contribution in [0.15, 0.2) is 18.3 Å². The molecule has 0 spiro atoms. The van der Waals surface area contributed by atoms with E-state index in [0.29, 0.717) is 6.04 Å². The number of hydrogen-bond acceptors (Lipinski definition) is 2. The summed E-state index contributed by atoms with van der Waals surface area (Å²) in [5, 5.41) is 3.63. The minimum absolute atomic E-state index is 0.588. The SMILES string of the molecule is CCCCC(Cc1ccc(C)cn1)NCCC. The van der Waals surface area contributed by atoms with Gasteiger partial charge in [-0.25, -0.2) is 0 Å². The molecule has 0 fully saturated rings. The molecule has 1 aromatic rings. The summed E-state index contributed by atoms with van der Waals surface area (Å²) in [6.07, 6.45) is 8.04. The molecule has 0 saturated heterocycles. The van der Waals surface area contributed by atoms with E-state index in [9.17, 15) is 0 Å². The van der Waals surface area contributed by atoms with Crippen LogP contribution in [0, 0.1) is 6.92 Å². The Morgan fingerprint density at radius 3 is 2.65 bits per heavy atom. The van der Waals surface area contributed by atoms with Crippen LogP contribution in [-0.4, -0.2) is 17.6 Å². The Morgan fingerprint density at radius 1 is 1.24 bits per heavy atom. The van der Waals surface area contributed by atoms with Gasteiger partial charge in [0, 0.05) is 24.4 Å². The zero-order chi connectivity index (χ0) is 12.5. The van der Waals surface area contributed by atoms with Crippen molar-refractivity contribution in [1.29, 1.82) is 0 Å². The molecule has 2 nitrogen and oxygen atoms in total. The zero-order valence-electron chi connectivity index (χ0n) is 11.5. The first-order chi connectivity index (χ1) is 8.26. The highest BCUT2D eigenvalue weighted by Crippen LogP contribution is 2.08. The van der Waals surface area contributed by atoms with Crippen LogP contribution < -0.4 is 5.32 Å². The maximum Gasteiger partial charge on any atom is 0.0419 e. The third-order valence-electron chi connectivity index (χ3n) is 3.02. The van der Waals surface area contributed by atoms with Crippen LogP contribution in [0.3, 0.4) is 0 Å². The normalized spacial score (nSPS) is 12.6. The van der Waals surface area contributed by atoms with Crippen molar-refractivity contribution in [2.45, 2.75) is 58.9 Å². The van der Waals surface area contributed by atoms with Gasteiger partial charge in [-0.2, -0.15) is 0 Å². The number of unbranched alkanes of at least 4 members (excludes halogenated alkanes) is 1. The van der Waals surface area contributed by atoms with Crippen molar-refractivity contribution >= 4 is 0 Å². The lowest BCUT2D eigenvalue weighted by Crippen LogP contribution is -2.32. The number of aryl methyl sites for hydroxylation is 1. The first kappa shape index (κ1) is 14.2. The van der Waals surface area contributed by atoms with Crippen molar-refractivity contribution in [1.82, 2.24) is 10.3 Å². The highest BCUT2D eigenvalue weighted by atomic mass is 14.9. The molecule has 96 valence electrons. The van der Waals surface area contributed by atoms with Gasteiger partial charge in [0.25, 0.3) is 0 Å². The van der Waals surface area contributed by atoms with Gasteiger partial charge in [-0.05, 0) is 37.9 Å². The summed E-state index contributed by atoms with van der Waals surface area (Å²) in [5.74, 6) is 0. The predicted octanol–water partition coefficient (Wildman–Crippen LogP) is 3.49. The summed E-state index contributed by atoms with van der Waals surface area (Å²) in [6, 6.07) is 4.89. The lowest BCUT2D eigenvalue weighted by atomic mass is 10.0. The molecular formula is C15H26N2. The summed E-state index contributed by atoms with van der Waals surface area (Å²) in [4.78, 5) is 4.49. The smallest absolute Gasteiger partial charge is 0.0419 e. The van der Waals surface area contributed by atoms with Gasteiger partial charge in [-0.3, -0.25) is 4.98 Å². The van der Waals surface area contributed by atoms with Gasteiger partial charge in [0.1, 0.15) is 0 Å². The van der Waals surface area contributed by atoms with E-state index in [2.05, 4.69) is 43.2 Å². The van der Waals surface area contributed by atoms with Gasteiger partial charge < -0.3 is 5.32 Å². The fourth-order valence-electron chi connectivity index (χ4n) is 1.95.